The van der Waals surface area contributed by atoms with E-state index in [1.54, 1.807) is 57.8 Å². The van der Waals surface area contributed by atoms with Gasteiger partial charge in [-0.05, 0) is 93.3 Å². The van der Waals surface area contributed by atoms with Crippen molar-refractivity contribution >= 4 is 0 Å². The first-order chi connectivity index (χ1) is 7.42. The largest absolute Gasteiger partial charge is 0.0499 e. The number of rotatable bonds is 0. The van der Waals surface area contributed by atoms with Crippen LogP contribution in [0, 0.1) is 35.5 Å². The molecule has 15 heavy (non-hydrogen) atoms. The van der Waals surface area contributed by atoms with E-state index in [1.165, 1.54) is 23.7 Å². The number of fused-ring (bicyclic) bond motifs is 4. The van der Waals surface area contributed by atoms with E-state index in [0.717, 1.165) is 11.8 Å². The molecule has 0 heterocycles. The Morgan fingerprint density at radius 3 is 1.27 bits per heavy atom. The highest BCUT2D eigenvalue weighted by Crippen LogP contribution is 2.57. The first kappa shape index (κ1) is 9.07. The maximum absolute atomic E-state index is 1.64. The standard InChI is InChI=1S/C15H24/c1-2-11-4-3-10(1)14-7-8-15(11)13-6-5-12(14)9-13/h10-15H,1-9H2. The van der Waals surface area contributed by atoms with Crippen molar-refractivity contribution in [3.63, 3.8) is 0 Å². The van der Waals surface area contributed by atoms with Crippen LogP contribution in [0.1, 0.15) is 57.8 Å². The zero-order chi connectivity index (χ0) is 9.83. The first-order valence-electron chi connectivity index (χ1n) is 7.42. The van der Waals surface area contributed by atoms with Gasteiger partial charge in [0.1, 0.15) is 0 Å². The lowest BCUT2D eigenvalue weighted by Gasteiger charge is -2.43. The average Bonchev–Trinajstić information content (AvgIpc) is 2.63. The Balaban J connectivity index is 1.75. The molecule has 0 aromatic heterocycles. The molecule has 0 saturated heterocycles. The second kappa shape index (κ2) is 3.25. The third-order valence-electron chi connectivity index (χ3n) is 6.59. The molecule has 0 aromatic rings. The van der Waals surface area contributed by atoms with Gasteiger partial charge in [0.05, 0.1) is 0 Å². The Labute approximate surface area is 93.8 Å². The summed E-state index contributed by atoms with van der Waals surface area (Å²) in [5.41, 5.74) is 0. The van der Waals surface area contributed by atoms with Crippen LogP contribution in [-0.2, 0) is 0 Å². The summed E-state index contributed by atoms with van der Waals surface area (Å²) in [5, 5.41) is 0. The molecule has 0 nitrogen and oxygen atoms in total. The van der Waals surface area contributed by atoms with Crippen LogP contribution in [0.3, 0.4) is 0 Å². The van der Waals surface area contributed by atoms with E-state index >= 15 is 0 Å². The zero-order valence-electron chi connectivity index (χ0n) is 9.83. The van der Waals surface area contributed by atoms with Crippen LogP contribution >= 0.6 is 0 Å². The second-order valence-corrected chi connectivity index (χ2v) is 6.91. The summed E-state index contributed by atoms with van der Waals surface area (Å²) in [6.07, 6.45) is 14.5. The minimum absolute atomic E-state index is 1.16. The molecule has 5 aliphatic rings. The molecule has 5 aliphatic carbocycles. The minimum atomic E-state index is 1.16. The highest BCUT2D eigenvalue weighted by molar-refractivity contribution is 4.97. The molecule has 5 saturated carbocycles. The van der Waals surface area contributed by atoms with E-state index < -0.39 is 0 Å². The van der Waals surface area contributed by atoms with Crippen LogP contribution in [0.4, 0.5) is 0 Å². The van der Waals surface area contributed by atoms with E-state index in [-0.39, 0.29) is 0 Å². The molecule has 84 valence electrons. The molecule has 0 aromatic carbocycles. The van der Waals surface area contributed by atoms with Gasteiger partial charge >= 0.3 is 0 Å². The van der Waals surface area contributed by atoms with Gasteiger partial charge < -0.3 is 0 Å². The maximum Gasteiger partial charge on any atom is -0.0357 e. The summed E-state index contributed by atoms with van der Waals surface area (Å²) < 4.78 is 0. The van der Waals surface area contributed by atoms with Crippen LogP contribution in [0.25, 0.3) is 0 Å². The van der Waals surface area contributed by atoms with Crippen molar-refractivity contribution in [2.24, 2.45) is 35.5 Å². The van der Waals surface area contributed by atoms with E-state index in [2.05, 4.69) is 0 Å². The van der Waals surface area contributed by atoms with E-state index in [0.29, 0.717) is 0 Å². The maximum atomic E-state index is 1.64. The van der Waals surface area contributed by atoms with Crippen molar-refractivity contribution < 1.29 is 0 Å². The number of hydrogen-bond donors (Lipinski definition) is 0. The van der Waals surface area contributed by atoms with Gasteiger partial charge in [-0.15, -0.1) is 0 Å². The molecule has 0 N–H and O–H groups in total. The Hall–Kier alpha value is 0. The van der Waals surface area contributed by atoms with Crippen molar-refractivity contribution in [3.8, 4) is 0 Å². The molecule has 5 fully saturated rings. The predicted molar refractivity (Wildman–Crippen MR) is 62.5 cm³/mol. The van der Waals surface area contributed by atoms with Crippen molar-refractivity contribution in [1.82, 2.24) is 0 Å². The Kier molecular flexibility index (Phi) is 1.96. The lowest BCUT2D eigenvalue weighted by molar-refractivity contribution is 0.0788. The molecule has 4 atom stereocenters. The Morgan fingerprint density at radius 2 is 0.800 bits per heavy atom. The molecule has 0 amide bonds. The summed E-state index contributed by atoms with van der Waals surface area (Å²) in [6, 6.07) is 0. The molecule has 5 rings (SSSR count). The monoisotopic (exact) mass is 204 g/mol. The fourth-order valence-electron chi connectivity index (χ4n) is 5.93. The van der Waals surface area contributed by atoms with E-state index in [4.69, 9.17) is 0 Å². The summed E-state index contributed by atoms with van der Waals surface area (Å²) in [4.78, 5) is 0. The molecule has 6 bridgehead atoms. The van der Waals surface area contributed by atoms with Crippen molar-refractivity contribution in [3.05, 3.63) is 0 Å². The van der Waals surface area contributed by atoms with E-state index in [9.17, 15) is 0 Å². The Bertz CT molecular complexity index is 219. The Morgan fingerprint density at radius 1 is 0.400 bits per heavy atom. The average molecular weight is 204 g/mol. The van der Waals surface area contributed by atoms with Crippen molar-refractivity contribution in [2.45, 2.75) is 57.8 Å². The fraction of sp³-hybridized carbons (Fsp3) is 1.00. The summed E-state index contributed by atoms with van der Waals surface area (Å²) in [7, 11) is 0. The smallest absolute Gasteiger partial charge is 0.0357 e. The van der Waals surface area contributed by atoms with Gasteiger partial charge in [-0.1, -0.05) is 0 Å². The lowest BCUT2D eigenvalue weighted by Crippen LogP contribution is -2.32. The quantitative estimate of drug-likeness (QED) is 0.553. The van der Waals surface area contributed by atoms with Crippen LogP contribution in [0.5, 0.6) is 0 Å². The second-order valence-electron chi connectivity index (χ2n) is 6.91. The van der Waals surface area contributed by atoms with Gasteiger partial charge in [0.2, 0.25) is 0 Å². The molecule has 0 radical (unpaired) electrons. The van der Waals surface area contributed by atoms with Gasteiger partial charge in [0.15, 0.2) is 0 Å². The SMILES string of the molecule is C1CC2CCC1C1CCC2C2CCC1C2. The van der Waals surface area contributed by atoms with Gasteiger partial charge in [0, 0.05) is 0 Å². The zero-order valence-corrected chi connectivity index (χ0v) is 9.83. The predicted octanol–water partition coefficient (Wildman–Crippen LogP) is 4.25. The highest BCUT2D eigenvalue weighted by Gasteiger charge is 2.47. The minimum Gasteiger partial charge on any atom is -0.0499 e. The molecule has 0 spiro atoms. The van der Waals surface area contributed by atoms with Crippen LogP contribution in [0.15, 0.2) is 0 Å². The van der Waals surface area contributed by atoms with E-state index in [1.807, 2.05) is 0 Å². The first-order valence-corrected chi connectivity index (χ1v) is 7.42. The fourth-order valence-corrected chi connectivity index (χ4v) is 5.93. The van der Waals surface area contributed by atoms with Gasteiger partial charge in [-0.2, -0.15) is 0 Å². The third kappa shape index (κ3) is 1.26. The normalized spacial score (nSPS) is 57.6. The summed E-state index contributed by atoms with van der Waals surface area (Å²) in [6.45, 7) is 0. The van der Waals surface area contributed by atoms with Crippen LogP contribution in [0.2, 0.25) is 0 Å². The third-order valence-corrected chi connectivity index (χ3v) is 6.59. The molecular formula is C15H24. The topological polar surface area (TPSA) is 0 Å². The van der Waals surface area contributed by atoms with Crippen molar-refractivity contribution in [2.75, 3.05) is 0 Å². The van der Waals surface area contributed by atoms with Gasteiger partial charge in [-0.3, -0.25) is 0 Å². The number of hydrogen-bond acceptors (Lipinski definition) is 0. The lowest BCUT2D eigenvalue weighted by atomic mass is 9.63. The van der Waals surface area contributed by atoms with Crippen LogP contribution < -0.4 is 0 Å². The molecule has 4 unspecified atom stereocenters. The van der Waals surface area contributed by atoms with Gasteiger partial charge in [-0.25, -0.2) is 0 Å². The van der Waals surface area contributed by atoms with Crippen LogP contribution in [-0.4, -0.2) is 0 Å². The molecular weight excluding hydrogens is 180 g/mol. The van der Waals surface area contributed by atoms with Crippen molar-refractivity contribution in [1.29, 1.82) is 0 Å². The highest BCUT2D eigenvalue weighted by atomic mass is 14.5. The molecule has 0 aliphatic heterocycles. The summed E-state index contributed by atoms with van der Waals surface area (Å²) >= 11 is 0. The van der Waals surface area contributed by atoms with Gasteiger partial charge in [0.25, 0.3) is 0 Å². The summed E-state index contributed by atoms with van der Waals surface area (Å²) in [5.74, 6) is 6.99. The molecule has 0 heteroatoms.